The van der Waals surface area contributed by atoms with E-state index in [-0.39, 0.29) is 23.8 Å². The van der Waals surface area contributed by atoms with Crippen LogP contribution in [0, 0.1) is 17.8 Å². The number of nitrogens with zero attached hydrogens (tertiary/aromatic N) is 1. The summed E-state index contributed by atoms with van der Waals surface area (Å²) in [6, 6.07) is 5.39. The number of anilines is 1. The van der Waals surface area contributed by atoms with Crippen LogP contribution in [0.5, 0.6) is 0 Å². The third-order valence-corrected chi connectivity index (χ3v) is 6.72. The standard InChI is InChI=1S/C21H26BrN3O3/c1-4-5-8-25-18(26)16-15(9-11(2)3)24-21(17(16)19(25)27)13-10-12(22)6-7-14(13)23-20(21)28/h6-7,10-11,15-17,24H,4-5,8-9H2,1-3H3,(H,23,28). The van der Waals surface area contributed by atoms with Crippen LogP contribution in [-0.2, 0) is 19.9 Å². The van der Waals surface area contributed by atoms with E-state index in [0.29, 0.717) is 18.2 Å². The van der Waals surface area contributed by atoms with Crippen LogP contribution in [0.25, 0.3) is 0 Å². The number of carbonyl (C=O) groups is 3. The second kappa shape index (κ2) is 6.95. The van der Waals surface area contributed by atoms with Gasteiger partial charge in [0.2, 0.25) is 17.7 Å². The normalized spacial score (nSPS) is 31.1. The van der Waals surface area contributed by atoms with Crippen molar-refractivity contribution in [2.75, 3.05) is 11.9 Å². The van der Waals surface area contributed by atoms with E-state index in [9.17, 15) is 14.4 Å². The first-order valence-electron chi connectivity index (χ1n) is 10.1. The molecule has 4 atom stereocenters. The van der Waals surface area contributed by atoms with E-state index in [1.165, 1.54) is 4.90 Å². The maximum absolute atomic E-state index is 13.4. The van der Waals surface area contributed by atoms with Crippen LogP contribution in [0.4, 0.5) is 5.69 Å². The average molecular weight is 448 g/mol. The molecular weight excluding hydrogens is 422 g/mol. The van der Waals surface area contributed by atoms with Crippen LogP contribution < -0.4 is 10.6 Å². The van der Waals surface area contributed by atoms with E-state index in [2.05, 4.69) is 40.4 Å². The molecule has 4 rings (SSSR count). The first kappa shape index (κ1) is 19.6. The van der Waals surface area contributed by atoms with Crippen molar-refractivity contribution in [2.45, 2.75) is 51.6 Å². The van der Waals surface area contributed by atoms with Gasteiger partial charge in [-0.25, -0.2) is 0 Å². The number of amides is 3. The summed E-state index contributed by atoms with van der Waals surface area (Å²) in [5.74, 6) is -1.44. The molecule has 3 aliphatic rings. The lowest BCUT2D eigenvalue weighted by molar-refractivity contribution is -0.142. The Balaban J connectivity index is 1.84. The van der Waals surface area contributed by atoms with Gasteiger partial charge in [-0.15, -0.1) is 0 Å². The molecule has 28 heavy (non-hydrogen) atoms. The minimum Gasteiger partial charge on any atom is -0.324 e. The van der Waals surface area contributed by atoms with Gasteiger partial charge >= 0.3 is 0 Å². The smallest absolute Gasteiger partial charge is 0.250 e. The van der Waals surface area contributed by atoms with E-state index in [1.54, 1.807) is 0 Å². The van der Waals surface area contributed by atoms with Crippen molar-refractivity contribution in [2.24, 2.45) is 17.8 Å². The highest BCUT2D eigenvalue weighted by molar-refractivity contribution is 9.10. The van der Waals surface area contributed by atoms with Crippen molar-refractivity contribution in [3.63, 3.8) is 0 Å². The second-order valence-corrected chi connectivity index (χ2v) is 9.43. The fourth-order valence-corrected chi connectivity index (χ4v) is 5.44. The quantitative estimate of drug-likeness (QED) is 0.679. The maximum atomic E-state index is 13.4. The van der Waals surface area contributed by atoms with Crippen molar-refractivity contribution in [1.29, 1.82) is 0 Å². The predicted molar refractivity (Wildman–Crippen MR) is 109 cm³/mol. The molecule has 150 valence electrons. The number of fused-ring (bicyclic) bond motifs is 4. The van der Waals surface area contributed by atoms with Gasteiger partial charge in [0.1, 0.15) is 5.54 Å². The molecule has 3 amide bonds. The number of rotatable bonds is 5. The third kappa shape index (κ3) is 2.66. The summed E-state index contributed by atoms with van der Waals surface area (Å²) in [6.45, 7) is 6.65. The Hall–Kier alpha value is -1.73. The summed E-state index contributed by atoms with van der Waals surface area (Å²) in [4.78, 5) is 41.3. The van der Waals surface area contributed by atoms with Crippen molar-refractivity contribution in [3.05, 3.63) is 28.2 Å². The van der Waals surface area contributed by atoms with Crippen molar-refractivity contribution in [3.8, 4) is 0 Å². The second-order valence-electron chi connectivity index (χ2n) is 8.52. The first-order chi connectivity index (χ1) is 13.3. The molecule has 7 heteroatoms. The van der Waals surface area contributed by atoms with Crippen LogP contribution >= 0.6 is 15.9 Å². The molecule has 1 spiro atoms. The minimum absolute atomic E-state index is 0.130. The molecule has 0 saturated carbocycles. The van der Waals surface area contributed by atoms with Crippen molar-refractivity contribution in [1.82, 2.24) is 10.2 Å². The topological polar surface area (TPSA) is 78.5 Å². The Kier molecular flexibility index (Phi) is 4.86. The number of carbonyl (C=O) groups excluding carboxylic acids is 3. The zero-order chi connectivity index (χ0) is 20.2. The van der Waals surface area contributed by atoms with E-state index < -0.39 is 17.4 Å². The van der Waals surface area contributed by atoms with Gasteiger partial charge in [0.15, 0.2) is 0 Å². The third-order valence-electron chi connectivity index (χ3n) is 6.23. The Morgan fingerprint density at radius 1 is 1.21 bits per heavy atom. The van der Waals surface area contributed by atoms with Crippen molar-refractivity contribution >= 4 is 39.3 Å². The summed E-state index contributed by atoms with van der Waals surface area (Å²) in [5, 5.41) is 6.40. The highest BCUT2D eigenvalue weighted by Gasteiger charge is 2.70. The summed E-state index contributed by atoms with van der Waals surface area (Å²) in [6.07, 6.45) is 2.42. The van der Waals surface area contributed by atoms with Gasteiger partial charge in [0.05, 0.1) is 11.8 Å². The van der Waals surface area contributed by atoms with Gasteiger partial charge in [-0.1, -0.05) is 43.1 Å². The number of nitrogens with one attached hydrogen (secondary N) is 2. The molecule has 3 heterocycles. The van der Waals surface area contributed by atoms with E-state index >= 15 is 0 Å². The Labute approximate surface area is 173 Å². The molecule has 1 aromatic rings. The van der Waals surface area contributed by atoms with Gasteiger partial charge in [0.25, 0.3) is 0 Å². The largest absolute Gasteiger partial charge is 0.324 e. The van der Waals surface area contributed by atoms with Gasteiger partial charge in [0, 0.05) is 28.3 Å². The Morgan fingerprint density at radius 3 is 2.64 bits per heavy atom. The number of imide groups is 1. The van der Waals surface area contributed by atoms with Crippen LogP contribution in [0.2, 0.25) is 0 Å². The van der Waals surface area contributed by atoms with Gasteiger partial charge in [-0.05, 0) is 37.0 Å². The fourth-order valence-electron chi connectivity index (χ4n) is 5.08. The zero-order valence-electron chi connectivity index (χ0n) is 16.4. The summed E-state index contributed by atoms with van der Waals surface area (Å²) >= 11 is 3.49. The summed E-state index contributed by atoms with van der Waals surface area (Å²) < 4.78 is 0.840. The first-order valence-corrected chi connectivity index (χ1v) is 10.8. The van der Waals surface area contributed by atoms with Crippen LogP contribution in [0.15, 0.2) is 22.7 Å². The fraction of sp³-hybridized carbons (Fsp3) is 0.571. The lowest BCUT2D eigenvalue weighted by Gasteiger charge is -2.30. The highest BCUT2D eigenvalue weighted by atomic mass is 79.9. The number of hydrogen-bond donors (Lipinski definition) is 2. The SMILES string of the molecule is CCCCN1C(=O)C2C(CC(C)C)NC3(C(=O)Nc4ccc(Br)cc43)C2C1=O. The molecule has 3 aliphatic heterocycles. The van der Waals surface area contributed by atoms with Gasteiger partial charge < -0.3 is 5.32 Å². The number of benzene rings is 1. The molecule has 6 nitrogen and oxygen atoms in total. The maximum Gasteiger partial charge on any atom is 0.250 e. The van der Waals surface area contributed by atoms with E-state index in [1.807, 2.05) is 25.1 Å². The van der Waals surface area contributed by atoms with E-state index in [4.69, 9.17) is 0 Å². The minimum atomic E-state index is -1.18. The molecule has 2 fully saturated rings. The summed E-state index contributed by atoms with van der Waals surface area (Å²) in [5.41, 5.74) is 0.278. The molecule has 4 unspecified atom stereocenters. The molecule has 2 saturated heterocycles. The highest BCUT2D eigenvalue weighted by Crippen LogP contribution is 2.54. The molecule has 0 aliphatic carbocycles. The van der Waals surface area contributed by atoms with Crippen molar-refractivity contribution < 1.29 is 14.4 Å². The molecule has 1 aromatic carbocycles. The number of halogens is 1. The zero-order valence-corrected chi connectivity index (χ0v) is 18.0. The monoisotopic (exact) mass is 447 g/mol. The average Bonchev–Trinajstić information content (AvgIpc) is 3.19. The molecule has 0 radical (unpaired) electrons. The lowest BCUT2D eigenvalue weighted by atomic mass is 9.76. The Morgan fingerprint density at radius 2 is 1.96 bits per heavy atom. The lowest BCUT2D eigenvalue weighted by Crippen LogP contribution is -2.53. The summed E-state index contributed by atoms with van der Waals surface area (Å²) in [7, 11) is 0. The van der Waals surface area contributed by atoms with Crippen LogP contribution in [-0.4, -0.2) is 35.2 Å². The van der Waals surface area contributed by atoms with Gasteiger partial charge in [-0.3, -0.25) is 24.6 Å². The predicted octanol–water partition coefficient (Wildman–Crippen LogP) is 3.02. The molecule has 0 bridgehead atoms. The molecular formula is C21H26BrN3O3. The van der Waals surface area contributed by atoms with Crippen LogP contribution in [0.1, 0.15) is 45.6 Å². The molecule has 0 aromatic heterocycles. The van der Waals surface area contributed by atoms with Crippen LogP contribution in [0.3, 0.4) is 0 Å². The van der Waals surface area contributed by atoms with Gasteiger partial charge in [-0.2, -0.15) is 0 Å². The number of unbranched alkanes of at least 4 members (excludes halogenated alkanes) is 1. The Bertz CT molecular complexity index is 855. The number of likely N-dealkylation sites (tertiary alicyclic amines) is 1. The number of hydrogen-bond acceptors (Lipinski definition) is 4. The van der Waals surface area contributed by atoms with E-state index in [0.717, 1.165) is 29.3 Å². The molecule has 2 N–H and O–H groups in total.